The first-order chi connectivity index (χ1) is 7.11. The molecule has 16 heavy (non-hydrogen) atoms. The lowest BCUT2D eigenvalue weighted by molar-refractivity contribution is 0.314. The molecule has 0 saturated heterocycles. The first-order valence-electron chi connectivity index (χ1n) is 6.19. The number of rotatable bonds is 4. The maximum Gasteiger partial charge on any atom is 0.169 e. The van der Waals surface area contributed by atoms with Crippen LogP contribution < -0.4 is 5.32 Å². The quantitative estimate of drug-likeness (QED) is 0.764. The zero-order valence-corrected chi connectivity index (χ0v) is 12.7. The molecule has 0 bridgehead atoms. The summed E-state index contributed by atoms with van der Waals surface area (Å²) in [5, 5.41) is 4.27. The maximum atomic E-state index is 5.48. The lowest BCUT2D eigenvalue weighted by Gasteiger charge is -2.33. The van der Waals surface area contributed by atoms with Crippen LogP contribution in [0.3, 0.4) is 0 Å². The van der Waals surface area contributed by atoms with Crippen LogP contribution in [-0.4, -0.2) is 28.6 Å². The van der Waals surface area contributed by atoms with E-state index in [0.29, 0.717) is 11.8 Å². The third-order valence-corrected chi connectivity index (χ3v) is 2.30. The Morgan fingerprint density at radius 3 is 1.69 bits per heavy atom. The van der Waals surface area contributed by atoms with E-state index in [1.165, 1.54) is 0 Å². The fraction of sp³-hybridized carbons (Fsp3) is 0.923. The third-order valence-electron chi connectivity index (χ3n) is 1.94. The zero-order chi connectivity index (χ0) is 12.9. The van der Waals surface area contributed by atoms with Gasteiger partial charge in [0.25, 0.3) is 0 Å². The number of nitrogens with one attached hydrogen (secondary N) is 1. The van der Waals surface area contributed by atoms with Gasteiger partial charge in [0.2, 0.25) is 0 Å². The van der Waals surface area contributed by atoms with E-state index in [4.69, 9.17) is 12.2 Å². The van der Waals surface area contributed by atoms with E-state index in [2.05, 4.69) is 58.7 Å². The topological polar surface area (TPSA) is 15.3 Å². The molecule has 0 atom stereocenters. The van der Waals surface area contributed by atoms with E-state index in [1.54, 1.807) is 0 Å². The molecule has 96 valence electrons. The van der Waals surface area contributed by atoms with Crippen molar-refractivity contribution in [3.8, 4) is 0 Å². The molecule has 0 unspecified atom stereocenters. The van der Waals surface area contributed by atoms with E-state index in [9.17, 15) is 0 Å². The van der Waals surface area contributed by atoms with Crippen molar-refractivity contribution in [2.24, 2.45) is 11.8 Å². The van der Waals surface area contributed by atoms with Crippen LogP contribution in [0.25, 0.3) is 0 Å². The highest BCUT2D eigenvalue weighted by molar-refractivity contribution is 7.80. The van der Waals surface area contributed by atoms with Crippen LogP contribution in [0.15, 0.2) is 0 Å². The SMILES string of the molecule is CC(C)CN(CC(C)C)C(=S)NC(C)(C)C. The van der Waals surface area contributed by atoms with Gasteiger partial charge in [0.15, 0.2) is 5.11 Å². The summed E-state index contributed by atoms with van der Waals surface area (Å²) in [4.78, 5) is 2.29. The Kier molecular flexibility index (Phi) is 6.31. The first kappa shape index (κ1) is 15.7. The minimum atomic E-state index is 0.0449. The van der Waals surface area contributed by atoms with E-state index < -0.39 is 0 Å². The average Bonchev–Trinajstić information content (AvgIpc) is 1.97. The van der Waals surface area contributed by atoms with Crippen molar-refractivity contribution in [2.75, 3.05) is 13.1 Å². The molecule has 0 heterocycles. The second-order valence-corrected chi connectivity index (χ2v) is 6.76. The molecule has 2 nitrogen and oxygen atoms in total. The van der Waals surface area contributed by atoms with E-state index in [0.717, 1.165) is 18.2 Å². The van der Waals surface area contributed by atoms with Crippen LogP contribution in [0.2, 0.25) is 0 Å². The molecule has 3 heteroatoms. The van der Waals surface area contributed by atoms with Gasteiger partial charge in [-0.1, -0.05) is 27.7 Å². The molecule has 0 aliphatic heterocycles. The number of nitrogens with zero attached hydrogens (tertiary/aromatic N) is 1. The predicted octanol–water partition coefficient (Wildman–Crippen LogP) is 3.27. The molecule has 0 fully saturated rings. The minimum Gasteiger partial charge on any atom is -0.358 e. The number of thiocarbonyl (C=S) groups is 1. The molecular weight excluding hydrogens is 216 g/mol. The smallest absolute Gasteiger partial charge is 0.169 e. The van der Waals surface area contributed by atoms with Crippen LogP contribution in [-0.2, 0) is 0 Å². The van der Waals surface area contributed by atoms with Crippen LogP contribution in [0, 0.1) is 11.8 Å². The summed E-state index contributed by atoms with van der Waals surface area (Å²) in [6.45, 7) is 17.4. The summed E-state index contributed by atoms with van der Waals surface area (Å²) >= 11 is 5.48. The van der Waals surface area contributed by atoms with Crippen molar-refractivity contribution < 1.29 is 0 Å². The van der Waals surface area contributed by atoms with Crippen molar-refractivity contribution >= 4 is 17.3 Å². The highest BCUT2D eigenvalue weighted by Crippen LogP contribution is 2.07. The maximum absolute atomic E-state index is 5.48. The molecule has 0 radical (unpaired) electrons. The monoisotopic (exact) mass is 244 g/mol. The van der Waals surface area contributed by atoms with Crippen molar-refractivity contribution in [2.45, 2.75) is 54.0 Å². The Morgan fingerprint density at radius 2 is 1.44 bits per heavy atom. The Morgan fingerprint density at radius 1 is 1.06 bits per heavy atom. The lowest BCUT2D eigenvalue weighted by atomic mass is 10.1. The summed E-state index contributed by atoms with van der Waals surface area (Å²) in [7, 11) is 0. The van der Waals surface area contributed by atoms with E-state index in [-0.39, 0.29) is 5.54 Å². The van der Waals surface area contributed by atoms with E-state index in [1.807, 2.05) is 0 Å². The molecule has 1 N–H and O–H groups in total. The Bertz CT molecular complexity index is 206. The van der Waals surface area contributed by atoms with Crippen LogP contribution >= 0.6 is 12.2 Å². The highest BCUT2D eigenvalue weighted by Gasteiger charge is 2.17. The van der Waals surface area contributed by atoms with E-state index >= 15 is 0 Å². The summed E-state index contributed by atoms with van der Waals surface area (Å²) in [5.41, 5.74) is 0.0449. The second-order valence-electron chi connectivity index (χ2n) is 6.37. The molecule has 0 aliphatic carbocycles. The molecule has 0 spiro atoms. The van der Waals surface area contributed by atoms with Gasteiger partial charge in [-0.05, 0) is 44.8 Å². The Hall–Kier alpha value is -0.310. The standard InChI is InChI=1S/C13H28N2S/c1-10(2)8-15(9-11(3)4)12(16)14-13(5,6)7/h10-11H,8-9H2,1-7H3,(H,14,16). The van der Waals surface area contributed by atoms with Crippen LogP contribution in [0.5, 0.6) is 0 Å². The van der Waals surface area contributed by atoms with Gasteiger partial charge in [-0.3, -0.25) is 0 Å². The first-order valence-corrected chi connectivity index (χ1v) is 6.59. The van der Waals surface area contributed by atoms with Gasteiger partial charge in [-0.15, -0.1) is 0 Å². The summed E-state index contributed by atoms with van der Waals surface area (Å²) in [5.74, 6) is 1.27. The normalized spacial score (nSPS) is 12.1. The summed E-state index contributed by atoms with van der Waals surface area (Å²) in [6, 6.07) is 0. The van der Waals surface area contributed by atoms with Gasteiger partial charge in [0.1, 0.15) is 0 Å². The molecular formula is C13H28N2S. The number of hydrogen-bond acceptors (Lipinski definition) is 1. The molecule has 0 aromatic rings. The molecule has 0 rings (SSSR count). The fourth-order valence-corrected chi connectivity index (χ4v) is 1.98. The fourth-order valence-electron chi connectivity index (χ4n) is 1.52. The molecule has 0 saturated carbocycles. The van der Waals surface area contributed by atoms with Gasteiger partial charge < -0.3 is 10.2 Å². The summed E-state index contributed by atoms with van der Waals surface area (Å²) < 4.78 is 0. The average molecular weight is 244 g/mol. The highest BCUT2D eigenvalue weighted by atomic mass is 32.1. The van der Waals surface area contributed by atoms with Crippen LogP contribution in [0.4, 0.5) is 0 Å². The van der Waals surface area contributed by atoms with Gasteiger partial charge in [-0.2, -0.15) is 0 Å². The molecule has 0 aromatic carbocycles. The molecule has 0 aromatic heterocycles. The molecule has 0 aliphatic rings. The van der Waals surface area contributed by atoms with Gasteiger partial charge >= 0.3 is 0 Å². The molecule has 0 amide bonds. The second kappa shape index (κ2) is 6.43. The van der Waals surface area contributed by atoms with Crippen LogP contribution in [0.1, 0.15) is 48.5 Å². The predicted molar refractivity (Wildman–Crippen MR) is 76.7 cm³/mol. The van der Waals surface area contributed by atoms with Gasteiger partial charge in [0, 0.05) is 18.6 Å². The van der Waals surface area contributed by atoms with Crippen molar-refractivity contribution in [3.05, 3.63) is 0 Å². The Labute approximate surface area is 107 Å². The largest absolute Gasteiger partial charge is 0.358 e. The lowest BCUT2D eigenvalue weighted by Crippen LogP contribution is -2.50. The van der Waals surface area contributed by atoms with Gasteiger partial charge in [-0.25, -0.2) is 0 Å². The zero-order valence-electron chi connectivity index (χ0n) is 11.9. The van der Waals surface area contributed by atoms with Crippen molar-refractivity contribution in [3.63, 3.8) is 0 Å². The number of hydrogen-bond donors (Lipinski definition) is 1. The third kappa shape index (κ3) is 7.91. The summed E-state index contributed by atoms with van der Waals surface area (Å²) in [6.07, 6.45) is 0. The Balaban J connectivity index is 4.44. The minimum absolute atomic E-state index is 0.0449. The van der Waals surface area contributed by atoms with Gasteiger partial charge in [0.05, 0.1) is 0 Å². The van der Waals surface area contributed by atoms with Crippen molar-refractivity contribution in [1.82, 2.24) is 10.2 Å². The van der Waals surface area contributed by atoms with Crippen molar-refractivity contribution in [1.29, 1.82) is 0 Å².